The lowest BCUT2D eigenvalue weighted by molar-refractivity contribution is -0.145. The van der Waals surface area contributed by atoms with Crippen LogP contribution in [-0.2, 0) is 9.53 Å². The van der Waals surface area contributed by atoms with Gasteiger partial charge in [0.2, 0.25) is 0 Å². The Morgan fingerprint density at radius 2 is 2.21 bits per heavy atom. The van der Waals surface area contributed by atoms with Gasteiger partial charge in [0.25, 0.3) is 0 Å². The van der Waals surface area contributed by atoms with Crippen molar-refractivity contribution in [2.45, 2.75) is 18.4 Å². The first kappa shape index (κ1) is 10.8. The highest BCUT2D eigenvalue weighted by Gasteiger charge is 2.40. The summed E-state index contributed by atoms with van der Waals surface area (Å²) in [5, 5.41) is 8.87. The van der Waals surface area contributed by atoms with Crippen LogP contribution in [0.3, 0.4) is 0 Å². The number of carbonyl (C=O) groups is 2. The molecule has 0 aromatic rings. The van der Waals surface area contributed by atoms with Crippen LogP contribution in [0.1, 0.15) is 12.8 Å². The first-order valence-electron chi connectivity index (χ1n) is 4.35. The Labute approximate surface area is 81.6 Å². The van der Waals surface area contributed by atoms with E-state index in [-0.39, 0.29) is 6.54 Å². The molecule has 1 fully saturated rings. The number of hydrogen-bond acceptors (Lipinski definition) is 4. The van der Waals surface area contributed by atoms with E-state index in [0.29, 0.717) is 19.4 Å². The highest BCUT2D eigenvalue weighted by atomic mass is 16.5. The van der Waals surface area contributed by atoms with Crippen LogP contribution in [0.5, 0.6) is 0 Å². The number of likely N-dealkylation sites (tertiary alicyclic amines) is 1. The number of carboxylic acid groups (broad SMARTS) is 1. The van der Waals surface area contributed by atoms with Crippen molar-refractivity contribution in [2.24, 2.45) is 5.73 Å². The normalized spacial score (nSPS) is 27.1. The number of aliphatic carboxylic acids is 1. The van der Waals surface area contributed by atoms with Gasteiger partial charge in [0, 0.05) is 6.54 Å². The van der Waals surface area contributed by atoms with E-state index in [1.807, 2.05) is 0 Å². The van der Waals surface area contributed by atoms with E-state index in [1.54, 1.807) is 0 Å². The van der Waals surface area contributed by atoms with Gasteiger partial charge >= 0.3 is 12.1 Å². The number of ether oxygens (including phenoxy) is 1. The summed E-state index contributed by atoms with van der Waals surface area (Å²) in [6, 6.07) is 0. The zero-order valence-corrected chi connectivity index (χ0v) is 8.02. The third-order valence-corrected chi connectivity index (χ3v) is 2.38. The Hall–Kier alpha value is -1.30. The lowest BCUT2D eigenvalue weighted by atomic mass is 9.90. The minimum Gasteiger partial charge on any atom is -0.480 e. The second-order valence-electron chi connectivity index (χ2n) is 3.46. The van der Waals surface area contributed by atoms with Gasteiger partial charge < -0.3 is 20.5 Å². The molecule has 0 aromatic carbocycles. The molecule has 6 nitrogen and oxygen atoms in total. The number of piperidine rings is 1. The van der Waals surface area contributed by atoms with Gasteiger partial charge in [-0.3, -0.25) is 4.79 Å². The molecular weight excluding hydrogens is 188 g/mol. The van der Waals surface area contributed by atoms with Gasteiger partial charge in [-0.25, -0.2) is 4.79 Å². The van der Waals surface area contributed by atoms with E-state index in [0.717, 1.165) is 0 Å². The van der Waals surface area contributed by atoms with Gasteiger partial charge in [0.1, 0.15) is 5.54 Å². The zero-order valence-electron chi connectivity index (χ0n) is 8.02. The summed E-state index contributed by atoms with van der Waals surface area (Å²) >= 11 is 0. The summed E-state index contributed by atoms with van der Waals surface area (Å²) in [4.78, 5) is 23.3. The fraction of sp³-hybridized carbons (Fsp3) is 0.750. The SMILES string of the molecule is COC(=O)N1CCCC(N)(C(=O)O)C1. The van der Waals surface area contributed by atoms with Crippen molar-refractivity contribution in [1.82, 2.24) is 4.90 Å². The lowest BCUT2D eigenvalue weighted by Crippen LogP contribution is -2.60. The molecule has 1 unspecified atom stereocenters. The molecule has 1 amide bonds. The number of nitrogens with zero attached hydrogens (tertiary/aromatic N) is 1. The van der Waals surface area contributed by atoms with E-state index in [4.69, 9.17) is 10.8 Å². The van der Waals surface area contributed by atoms with Gasteiger partial charge in [0.15, 0.2) is 0 Å². The monoisotopic (exact) mass is 202 g/mol. The molecule has 0 aromatic heterocycles. The van der Waals surface area contributed by atoms with Crippen LogP contribution in [0.4, 0.5) is 4.79 Å². The second-order valence-corrected chi connectivity index (χ2v) is 3.46. The van der Waals surface area contributed by atoms with Crippen molar-refractivity contribution >= 4 is 12.1 Å². The molecule has 14 heavy (non-hydrogen) atoms. The minimum atomic E-state index is -1.33. The largest absolute Gasteiger partial charge is 0.480 e. The number of carboxylic acids is 1. The predicted octanol–water partition coefficient (Wildman–Crippen LogP) is -0.369. The average molecular weight is 202 g/mol. The summed E-state index contributed by atoms with van der Waals surface area (Å²) < 4.78 is 4.50. The fourth-order valence-corrected chi connectivity index (χ4v) is 1.54. The standard InChI is InChI=1S/C8H14N2O4/c1-14-7(13)10-4-2-3-8(9,5-10)6(11)12/h2-5,9H2,1H3,(H,11,12). The summed E-state index contributed by atoms with van der Waals surface area (Å²) in [7, 11) is 1.26. The molecule has 1 saturated heterocycles. The smallest absolute Gasteiger partial charge is 0.409 e. The third kappa shape index (κ3) is 1.95. The summed E-state index contributed by atoms with van der Waals surface area (Å²) in [5.74, 6) is -1.08. The maximum atomic E-state index is 11.1. The van der Waals surface area contributed by atoms with E-state index < -0.39 is 17.6 Å². The van der Waals surface area contributed by atoms with Crippen LogP contribution in [0.2, 0.25) is 0 Å². The molecular formula is C8H14N2O4. The maximum absolute atomic E-state index is 11.1. The van der Waals surface area contributed by atoms with Crippen molar-refractivity contribution < 1.29 is 19.4 Å². The van der Waals surface area contributed by atoms with Crippen molar-refractivity contribution in [3.05, 3.63) is 0 Å². The molecule has 0 saturated carbocycles. The predicted molar refractivity (Wildman–Crippen MR) is 47.8 cm³/mol. The van der Waals surface area contributed by atoms with Crippen LogP contribution in [0.25, 0.3) is 0 Å². The summed E-state index contributed by atoms with van der Waals surface area (Å²) in [6.45, 7) is 0.508. The van der Waals surface area contributed by atoms with Gasteiger partial charge in [0.05, 0.1) is 13.7 Å². The van der Waals surface area contributed by atoms with Crippen molar-refractivity contribution in [1.29, 1.82) is 0 Å². The highest BCUT2D eigenvalue weighted by molar-refractivity contribution is 5.80. The van der Waals surface area contributed by atoms with Gasteiger partial charge in [-0.15, -0.1) is 0 Å². The van der Waals surface area contributed by atoms with E-state index in [2.05, 4.69) is 4.74 Å². The van der Waals surface area contributed by atoms with Crippen molar-refractivity contribution in [3.8, 4) is 0 Å². The number of nitrogens with two attached hydrogens (primary N) is 1. The number of rotatable bonds is 1. The fourth-order valence-electron chi connectivity index (χ4n) is 1.54. The molecule has 0 aliphatic carbocycles. The van der Waals surface area contributed by atoms with E-state index >= 15 is 0 Å². The second kappa shape index (κ2) is 3.83. The minimum absolute atomic E-state index is 0.00894. The van der Waals surface area contributed by atoms with Crippen LogP contribution in [0.15, 0.2) is 0 Å². The van der Waals surface area contributed by atoms with Crippen LogP contribution < -0.4 is 5.73 Å². The maximum Gasteiger partial charge on any atom is 0.409 e. The highest BCUT2D eigenvalue weighted by Crippen LogP contribution is 2.19. The van der Waals surface area contributed by atoms with Gasteiger partial charge in [-0.1, -0.05) is 0 Å². The molecule has 80 valence electrons. The quantitative estimate of drug-likeness (QED) is 0.605. The van der Waals surface area contributed by atoms with Crippen molar-refractivity contribution in [2.75, 3.05) is 20.2 Å². The van der Waals surface area contributed by atoms with Crippen LogP contribution >= 0.6 is 0 Å². The molecule has 6 heteroatoms. The molecule has 0 spiro atoms. The van der Waals surface area contributed by atoms with Crippen LogP contribution in [-0.4, -0.2) is 47.8 Å². The van der Waals surface area contributed by atoms with Crippen LogP contribution in [0, 0.1) is 0 Å². The number of hydrogen-bond donors (Lipinski definition) is 2. The Kier molecular flexibility index (Phi) is 2.95. The van der Waals surface area contributed by atoms with E-state index in [9.17, 15) is 9.59 Å². The molecule has 3 N–H and O–H groups in total. The summed E-state index contributed by atoms with van der Waals surface area (Å²) in [6.07, 6.45) is 0.439. The molecule has 1 atom stereocenters. The molecule has 0 radical (unpaired) electrons. The average Bonchev–Trinajstić information content (AvgIpc) is 2.16. The number of methoxy groups -OCH3 is 1. The lowest BCUT2D eigenvalue weighted by Gasteiger charge is -2.36. The van der Waals surface area contributed by atoms with Crippen molar-refractivity contribution in [3.63, 3.8) is 0 Å². The van der Waals surface area contributed by atoms with E-state index in [1.165, 1.54) is 12.0 Å². The number of amides is 1. The molecule has 1 aliphatic heterocycles. The molecule has 1 heterocycles. The molecule has 1 rings (SSSR count). The summed E-state index contributed by atoms with van der Waals surface area (Å²) in [5.41, 5.74) is 4.31. The van der Waals surface area contributed by atoms with Gasteiger partial charge in [-0.05, 0) is 12.8 Å². The Morgan fingerprint density at radius 1 is 1.57 bits per heavy atom. The van der Waals surface area contributed by atoms with Gasteiger partial charge in [-0.2, -0.15) is 0 Å². The first-order valence-corrected chi connectivity index (χ1v) is 4.35. The zero-order chi connectivity index (χ0) is 10.8. The first-order chi connectivity index (χ1) is 6.49. The Morgan fingerprint density at radius 3 is 2.71 bits per heavy atom. The Bertz CT molecular complexity index is 256. The molecule has 0 bridgehead atoms. The number of carbonyl (C=O) groups excluding carboxylic acids is 1. The Balaban J connectivity index is 2.69. The third-order valence-electron chi connectivity index (χ3n) is 2.38. The molecule has 1 aliphatic rings. The topological polar surface area (TPSA) is 92.9 Å².